The summed E-state index contributed by atoms with van der Waals surface area (Å²) in [6.45, 7) is 2.13. The van der Waals surface area contributed by atoms with Crippen molar-refractivity contribution in [2.75, 3.05) is 13.2 Å². The van der Waals surface area contributed by atoms with Gasteiger partial charge in [-0.2, -0.15) is 0 Å². The molecule has 1 N–H and O–H groups in total. The summed E-state index contributed by atoms with van der Waals surface area (Å²) in [5, 5.41) is 0. The highest BCUT2D eigenvalue weighted by molar-refractivity contribution is 7.44. The molecule has 0 amide bonds. The van der Waals surface area contributed by atoms with E-state index in [0.29, 0.717) is 6.42 Å². The van der Waals surface area contributed by atoms with Gasteiger partial charge in [0.15, 0.2) is 6.29 Å². The van der Waals surface area contributed by atoms with Gasteiger partial charge in [0.25, 0.3) is 7.82 Å². The first-order valence-corrected chi connectivity index (χ1v) is 8.91. The summed E-state index contributed by atoms with van der Waals surface area (Å²) >= 11 is 0. The monoisotopic (exact) mass is 331 g/mol. The van der Waals surface area contributed by atoms with Crippen molar-refractivity contribution in [1.82, 2.24) is 0 Å². The van der Waals surface area contributed by atoms with Crippen molar-refractivity contribution in [2.45, 2.75) is 45.0 Å². The molecule has 1 aliphatic rings. The van der Waals surface area contributed by atoms with E-state index in [0.717, 1.165) is 19.3 Å². The Balaban J connectivity index is 2.09. The molecule has 0 bridgehead atoms. The number of ether oxygens (including phenoxy) is 2. The molecule has 0 spiro atoms. The summed E-state index contributed by atoms with van der Waals surface area (Å²) in [5.41, 5.74) is 0. The lowest BCUT2D eigenvalue weighted by molar-refractivity contribution is -0.222. The lowest BCUT2D eigenvalue weighted by atomic mass is 10.2. The Morgan fingerprint density at radius 1 is 1.23 bits per heavy atom. The van der Waals surface area contributed by atoms with Crippen LogP contribution in [0.15, 0.2) is 36.5 Å². The van der Waals surface area contributed by atoms with Crippen LogP contribution < -0.4 is 4.89 Å². The molecule has 22 heavy (non-hydrogen) atoms. The Kier molecular flexibility index (Phi) is 9.55. The standard InChI is InChI=1S/C15H25O6P/c1-2-3-4-5-6-7-8-9-10-11-15-19-12-14(21-15)13-20-22(16,17)18/h3-4,6-7,9-10,14-15H,2,5,8,11-13H2,1H3,(H2,16,17,18)/p-1/b4-3-,7-6-,10-9-. The fourth-order valence-electron chi connectivity index (χ4n) is 1.81. The summed E-state index contributed by atoms with van der Waals surface area (Å²) in [4.78, 5) is 19.0. The summed E-state index contributed by atoms with van der Waals surface area (Å²) in [6, 6.07) is 0. The van der Waals surface area contributed by atoms with E-state index in [1.165, 1.54) is 0 Å². The summed E-state index contributed by atoms with van der Waals surface area (Å²) in [7, 11) is -4.69. The minimum Gasteiger partial charge on any atom is -0.756 e. The Morgan fingerprint density at radius 2 is 1.86 bits per heavy atom. The van der Waals surface area contributed by atoms with Crippen LogP contribution in [0.5, 0.6) is 0 Å². The molecule has 0 aromatic carbocycles. The third-order valence-corrected chi connectivity index (χ3v) is 3.32. The molecule has 0 aromatic heterocycles. The molecule has 1 aliphatic heterocycles. The SMILES string of the molecule is CC/C=C\C/C=C\C/C=C\CC1OCC(COP(=O)([O-])O)O1. The van der Waals surface area contributed by atoms with Crippen molar-refractivity contribution in [2.24, 2.45) is 0 Å². The first-order chi connectivity index (χ1) is 10.5. The smallest absolute Gasteiger partial charge is 0.265 e. The van der Waals surface area contributed by atoms with Gasteiger partial charge in [0, 0.05) is 6.42 Å². The van der Waals surface area contributed by atoms with Crippen molar-refractivity contribution >= 4 is 7.82 Å². The zero-order chi connectivity index (χ0) is 16.3. The van der Waals surface area contributed by atoms with Crippen molar-refractivity contribution in [3.8, 4) is 0 Å². The highest BCUT2D eigenvalue weighted by atomic mass is 31.2. The van der Waals surface area contributed by atoms with Crippen molar-refractivity contribution in [1.29, 1.82) is 0 Å². The first-order valence-electron chi connectivity index (χ1n) is 7.41. The van der Waals surface area contributed by atoms with Gasteiger partial charge in [-0.1, -0.05) is 43.4 Å². The molecule has 0 saturated carbocycles. The molecule has 1 rings (SSSR count). The third kappa shape index (κ3) is 10.1. The van der Waals surface area contributed by atoms with E-state index >= 15 is 0 Å². The predicted molar refractivity (Wildman–Crippen MR) is 82.0 cm³/mol. The third-order valence-electron chi connectivity index (χ3n) is 2.84. The molecule has 3 unspecified atom stereocenters. The van der Waals surface area contributed by atoms with Crippen LogP contribution in [0.4, 0.5) is 0 Å². The normalized spacial score (nSPS) is 25.6. The van der Waals surface area contributed by atoms with Crippen LogP contribution in [0.3, 0.4) is 0 Å². The predicted octanol–water partition coefficient (Wildman–Crippen LogP) is 2.45. The molecule has 1 heterocycles. The fraction of sp³-hybridized carbons (Fsp3) is 0.600. The number of rotatable bonds is 10. The maximum atomic E-state index is 10.5. The fourth-order valence-corrected chi connectivity index (χ4v) is 2.17. The van der Waals surface area contributed by atoms with E-state index < -0.39 is 20.2 Å². The zero-order valence-electron chi connectivity index (χ0n) is 12.8. The van der Waals surface area contributed by atoms with Crippen molar-refractivity contribution in [3.63, 3.8) is 0 Å². The second kappa shape index (κ2) is 10.9. The van der Waals surface area contributed by atoms with Gasteiger partial charge in [-0.25, -0.2) is 0 Å². The number of phosphoric ester groups is 1. The van der Waals surface area contributed by atoms with Crippen molar-refractivity contribution in [3.05, 3.63) is 36.5 Å². The molecule has 7 heteroatoms. The molecular formula is C15H24O6P-. The van der Waals surface area contributed by atoms with E-state index in [-0.39, 0.29) is 13.2 Å². The largest absolute Gasteiger partial charge is 0.756 e. The summed E-state index contributed by atoms with van der Waals surface area (Å²) < 4.78 is 25.5. The van der Waals surface area contributed by atoms with Crippen LogP contribution in [-0.2, 0) is 18.6 Å². The Labute approximate surface area is 131 Å². The molecule has 126 valence electrons. The second-order valence-electron chi connectivity index (χ2n) is 4.81. The minimum absolute atomic E-state index is 0.231. The van der Waals surface area contributed by atoms with Crippen LogP contribution in [0, 0.1) is 0 Å². The molecule has 1 saturated heterocycles. The molecule has 3 atom stereocenters. The second-order valence-corrected chi connectivity index (χ2v) is 6.01. The van der Waals surface area contributed by atoms with Crippen LogP contribution >= 0.6 is 7.82 Å². The summed E-state index contributed by atoms with van der Waals surface area (Å²) in [5.74, 6) is 0. The first kappa shape index (κ1) is 19.3. The minimum atomic E-state index is -4.69. The Hall–Kier alpha value is -0.750. The van der Waals surface area contributed by atoms with Gasteiger partial charge in [0.1, 0.15) is 6.10 Å². The number of hydrogen-bond donors (Lipinski definition) is 1. The van der Waals surface area contributed by atoms with E-state index in [2.05, 4.69) is 35.8 Å². The molecule has 0 radical (unpaired) electrons. The lowest BCUT2D eigenvalue weighted by Crippen LogP contribution is -2.20. The highest BCUT2D eigenvalue weighted by Gasteiger charge is 2.26. The van der Waals surface area contributed by atoms with Gasteiger partial charge >= 0.3 is 0 Å². The van der Waals surface area contributed by atoms with E-state index in [9.17, 15) is 9.46 Å². The van der Waals surface area contributed by atoms with Gasteiger partial charge in [-0.05, 0) is 19.3 Å². The van der Waals surface area contributed by atoms with Crippen LogP contribution in [-0.4, -0.2) is 30.5 Å². The van der Waals surface area contributed by atoms with Gasteiger partial charge in [-0.3, -0.25) is 4.57 Å². The molecule has 0 aromatic rings. The maximum absolute atomic E-state index is 10.5. The number of allylic oxidation sites excluding steroid dienone is 5. The molecule has 6 nitrogen and oxygen atoms in total. The van der Waals surface area contributed by atoms with Crippen LogP contribution in [0.1, 0.15) is 32.6 Å². The average Bonchev–Trinajstić information content (AvgIpc) is 2.91. The van der Waals surface area contributed by atoms with E-state index in [1.807, 2.05) is 12.2 Å². The van der Waals surface area contributed by atoms with Gasteiger partial charge in [-0.15, -0.1) is 0 Å². The summed E-state index contributed by atoms with van der Waals surface area (Å²) in [6.07, 6.45) is 15.0. The topological polar surface area (TPSA) is 88.1 Å². The Bertz CT molecular complexity index is 426. The highest BCUT2D eigenvalue weighted by Crippen LogP contribution is 2.31. The van der Waals surface area contributed by atoms with Crippen molar-refractivity contribution < 1.29 is 28.3 Å². The maximum Gasteiger partial charge on any atom is 0.265 e. The lowest BCUT2D eigenvalue weighted by Gasteiger charge is -2.17. The van der Waals surface area contributed by atoms with Crippen LogP contribution in [0.25, 0.3) is 0 Å². The quantitative estimate of drug-likeness (QED) is 0.489. The van der Waals surface area contributed by atoms with Crippen LogP contribution in [0.2, 0.25) is 0 Å². The number of hydrogen-bond acceptors (Lipinski definition) is 5. The molecular weight excluding hydrogens is 307 g/mol. The van der Waals surface area contributed by atoms with Gasteiger partial charge in [0.05, 0.1) is 13.2 Å². The average molecular weight is 331 g/mol. The zero-order valence-corrected chi connectivity index (χ0v) is 13.7. The van der Waals surface area contributed by atoms with E-state index in [1.54, 1.807) is 0 Å². The van der Waals surface area contributed by atoms with Gasteiger partial charge < -0.3 is 23.8 Å². The Morgan fingerprint density at radius 3 is 2.50 bits per heavy atom. The molecule has 1 fully saturated rings. The molecule has 0 aliphatic carbocycles. The van der Waals surface area contributed by atoms with Gasteiger partial charge in [0.2, 0.25) is 0 Å². The number of phosphoric acid groups is 1. The van der Waals surface area contributed by atoms with E-state index in [4.69, 9.17) is 14.4 Å².